The van der Waals surface area contributed by atoms with Gasteiger partial charge in [-0.1, -0.05) is 42.0 Å². The summed E-state index contributed by atoms with van der Waals surface area (Å²) in [5.41, 5.74) is 3.99. The molecule has 0 fully saturated rings. The molecule has 0 unspecified atom stereocenters. The minimum atomic E-state index is -0.374. The quantitative estimate of drug-likeness (QED) is 0.272. The van der Waals surface area contributed by atoms with Crippen LogP contribution in [0.5, 0.6) is 5.75 Å². The van der Waals surface area contributed by atoms with E-state index in [1.165, 1.54) is 17.7 Å². The molecule has 3 rings (SSSR count). The topological polar surface area (TPSA) is 33.0 Å². The lowest BCUT2D eigenvalue weighted by Crippen LogP contribution is -1.97. The van der Waals surface area contributed by atoms with E-state index in [1.807, 2.05) is 43.3 Å². The van der Waals surface area contributed by atoms with E-state index in [1.54, 1.807) is 18.2 Å². The summed E-state index contributed by atoms with van der Waals surface area (Å²) in [4.78, 5) is 0. The summed E-state index contributed by atoms with van der Waals surface area (Å²) < 4.78 is 20.9. The third-order valence-electron chi connectivity index (χ3n) is 4.09. The van der Waals surface area contributed by atoms with Crippen LogP contribution in [-0.4, -0.2) is 0 Å². The van der Waals surface area contributed by atoms with Gasteiger partial charge in [0.25, 0.3) is 0 Å². The van der Waals surface area contributed by atoms with Crippen LogP contribution in [0.1, 0.15) is 22.3 Å². The number of nitrogens with zero attached hydrogens (tertiary/aromatic N) is 1. The molecule has 0 heterocycles. The van der Waals surface area contributed by atoms with Crippen LogP contribution < -0.4 is 4.74 Å². The van der Waals surface area contributed by atoms with E-state index in [0.29, 0.717) is 23.5 Å². The molecule has 5 heteroatoms. The summed E-state index contributed by atoms with van der Waals surface area (Å²) >= 11 is 7.07. The average Bonchev–Trinajstić information content (AvgIpc) is 2.67. The van der Waals surface area contributed by atoms with Crippen molar-refractivity contribution < 1.29 is 9.13 Å². The first-order valence-electron chi connectivity index (χ1n) is 8.51. The second-order valence-electron chi connectivity index (χ2n) is 6.27. The Morgan fingerprint density at radius 3 is 2.36 bits per heavy atom. The summed E-state index contributed by atoms with van der Waals surface area (Å²) in [5, 5.41) is 9.47. The lowest BCUT2D eigenvalue weighted by molar-refractivity contribution is 0.302. The van der Waals surface area contributed by atoms with Crippen LogP contribution in [0.4, 0.5) is 4.39 Å². The maximum absolute atomic E-state index is 13.5. The molecule has 3 aromatic carbocycles. The van der Waals surface area contributed by atoms with Gasteiger partial charge >= 0.3 is 0 Å². The first kappa shape index (κ1) is 20.3. The van der Waals surface area contributed by atoms with Crippen molar-refractivity contribution in [3.8, 4) is 11.8 Å². The summed E-state index contributed by atoms with van der Waals surface area (Å²) in [6, 6.07) is 20.0. The molecule has 0 aliphatic rings. The predicted molar refractivity (Wildman–Crippen MR) is 117 cm³/mol. The first-order valence-corrected chi connectivity index (χ1v) is 10.1. The van der Waals surface area contributed by atoms with Crippen LogP contribution in [-0.2, 0) is 6.61 Å². The second kappa shape index (κ2) is 9.18. The molecule has 0 spiro atoms. The second-order valence-corrected chi connectivity index (χ2v) is 7.98. The van der Waals surface area contributed by atoms with Crippen molar-refractivity contribution in [2.45, 2.75) is 13.5 Å². The maximum atomic E-state index is 13.5. The molecule has 0 amide bonds. The van der Waals surface area contributed by atoms with Crippen molar-refractivity contribution >= 4 is 43.5 Å². The Hall–Kier alpha value is -2.42. The summed E-state index contributed by atoms with van der Waals surface area (Å²) in [5.74, 6) is 0.308. The normalized spacial score (nSPS) is 11.2. The SMILES string of the molecule is Cc1ccc(COc2c(Br)cc(/C=C(/C#N)c3cccc(F)c3)cc2Br)cc1. The Morgan fingerprint density at radius 1 is 1.07 bits per heavy atom. The minimum absolute atomic E-state index is 0.374. The van der Waals surface area contributed by atoms with Gasteiger partial charge in [0.2, 0.25) is 0 Å². The number of rotatable bonds is 5. The number of nitriles is 1. The van der Waals surface area contributed by atoms with Gasteiger partial charge < -0.3 is 4.74 Å². The zero-order chi connectivity index (χ0) is 20.1. The van der Waals surface area contributed by atoms with Crippen molar-refractivity contribution in [2.75, 3.05) is 0 Å². The molecule has 0 atom stereocenters. The molecule has 0 aliphatic carbocycles. The number of aryl methyl sites for hydroxylation is 1. The van der Waals surface area contributed by atoms with Gasteiger partial charge in [0, 0.05) is 0 Å². The van der Waals surface area contributed by atoms with E-state index in [9.17, 15) is 9.65 Å². The zero-order valence-electron chi connectivity index (χ0n) is 15.0. The van der Waals surface area contributed by atoms with E-state index in [2.05, 4.69) is 37.9 Å². The Morgan fingerprint density at radius 2 is 1.75 bits per heavy atom. The third kappa shape index (κ3) is 5.09. The molecule has 0 aromatic heterocycles. The number of hydrogen-bond acceptors (Lipinski definition) is 2. The molecule has 3 aromatic rings. The number of halogens is 3. The molecule has 2 nitrogen and oxygen atoms in total. The number of hydrogen-bond donors (Lipinski definition) is 0. The van der Waals surface area contributed by atoms with Gasteiger partial charge in [0.15, 0.2) is 0 Å². The molecule has 0 saturated carbocycles. The van der Waals surface area contributed by atoms with Gasteiger partial charge in [-0.05, 0) is 85.8 Å². The van der Waals surface area contributed by atoms with Crippen LogP contribution in [0, 0.1) is 24.1 Å². The highest BCUT2D eigenvalue weighted by atomic mass is 79.9. The third-order valence-corrected chi connectivity index (χ3v) is 5.27. The number of ether oxygens (including phenoxy) is 1. The zero-order valence-corrected chi connectivity index (χ0v) is 18.2. The number of allylic oxidation sites excluding steroid dienone is 1. The Kier molecular flexibility index (Phi) is 6.66. The molecule has 0 N–H and O–H groups in total. The fraction of sp³-hybridized carbons (Fsp3) is 0.0870. The maximum Gasteiger partial charge on any atom is 0.148 e. The van der Waals surface area contributed by atoms with Crippen molar-refractivity contribution in [1.82, 2.24) is 0 Å². The van der Waals surface area contributed by atoms with E-state index in [0.717, 1.165) is 20.1 Å². The van der Waals surface area contributed by atoms with E-state index in [-0.39, 0.29) is 5.82 Å². The first-order chi connectivity index (χ1) is 13.5. The monoisotopic (exact) mass is 499 g/mol. The van der Waals surface area contributed by atoms with Crippen molar-refractivity contribution in [3.05, 3.63) is 97.7 Å². The highest BCUT2D eigenvalue weighted by Gasteiger charge is 2.10. The predicted octanol–water partition coefficient (Wildman–Crippen LogP) is 7.30. The van der Waals surface area contributed by atoms with Gasteiger partial charge in [-0.3, -0.25) is 0 Å². The van der Waals surface area contributed by atoms with Crippen LogP contribution in [0.2, 0.25) is 0 Å². The molecular formula is C23H16Br2FNO. The lowest BCUT2D eigenvalue weighted by Gasteiger charge is -2.12. The lowest BCUT2D eigenvalue weighted by atomic mass is 10.0. The molecule has 0 aliphatic heterocycles. The molecular weight excluding hydrogens is 485 g/mol. The number of benzene rings is 3. The van der Waals surface area contributed by atoms with Gasteiger partial charge in [-0.25, -0.2) is 4.39 Å². The molecule has 0 radical (unpaired) electrons. The smallest absolute Gasteiger partial charge is 0.148 e. The summed E-state index contributed by atoms with van der Waals surface area (Å²) in [6.07, 6.45) is 1.72. The standard InChI is InChI=1S/C23H16Br2FNO/c1-15-5-7-16(8-6-15)14-28-23-21(24)10-17(11-22(23)25)9-19(13-27)18-3-2-4-20(26)12-18/h2-12H,14H2,1H3/b19-9-. The minimum Gasteiger partial charge on any atom is -0.487 e. The highest BCUT2D eigenvalue weighted by molar-refractivity contribution is 9.11. The highest BCUT2D eigenvalue weighted by Crippen LogP contribution is 2.36. The van der Waals surface area contributed by atoms with Gasteiger partial charge in [0.05, 0.1) is 20.6 Å². The summed E-state index contributed by atoms with van der Waals surface area (Å²) in [6.45, 7) is 2.49. The van der Waals surface area contributed by atoms with Gasteiger partial charge in [-0.15, -0.1) is 0 Å². The van der Waals surface area contributed by atoms with Gasteiger partial charge in [-0.2, -0.15) is 5.26 Å². The van der Waals surface area contributed by atoms with Crippen molar-refractivity contribution in [3.63, 3.8) is 0 Å². The molecule has 0 bridgehead atoms. The fourth-order valence-electron chi connectivity index (χ4n) is 2.64. The Bertz CT molecular complexity index is 1050. The van der Waals surface area contributed by atoms with E-state index < -0.39 is 0 Å². The van der Waals surface area contributed by atoms with Crippen molar-refractivity contribution in [1.29, 1.82) is 5.26 Å². The average molecular weight is 501 g/mol. The largest absolute Gasteiger partial charge is 0.487 e. The molecule has 28 heavy (non-hydrogen) atoms. The molecule has 140 valence electrons. The van der Waals surface area contributed by atoms with Crippen LogP contribution in [0.3, 0.4) is 0 Å². The van der Waals surface area contributed by atoms with E-state index in [4.69, 9.17) is 4.74 Å². The van der Waals surface area contributed by atoms with E-state index >= 15 is 0 Å². The van der Waals surface area contributed by atoms with Crippen LogP contribution >= 0.6 is 31.9 Å². The van der Waals surface area contributed by atoms with Crippen molar-refractivity contribution in [2.24, 2.45) is 0 Å². The van der Waals surface area contributed by atoms with Gasteiger partial charge in [0.1, 0.15) is 18.2 Å². The fourth-order valence-corrected chi connectivity index (χ4v) is 4.09. The van der Waals surface area contributed by atoms with Crippen LogP contribution in [0.25, 0.3) is 11.6 Å². The van der Waals surface area contributed by atoms with Crippen LogP contribution in [0.15, 0.2) is 69.6 Å². The Labute approximate surface area is 180 Å². The molecule has 0 saturated heterocycles. The Balaban J connectivity index is 1.84. The summed E-state index contributed by atoms with van der Waals surface area (Å²) in [7, 11) is 0.